The van der Waals surface area contributed by atoms with Crippen LogP contribution < -0.4 is 0 Å². The molecule has 17 heteroatoms. The summed E-state index contributed by atoms with van der Waals surface area (Å²) >= 11 is 0. The largest absolute Gasteiger partial charge is 0.417 e. The number of rotatable bonds is 10. The lowest BCUT2D eigenvalue weighted by molar-refractivity contribution is -0.271. The van der Waals surface area contributed by atoms with Crippen LogP contribution in [0.3, 0.4) is 0 Å². The van der Waals surface area contributed by atoms with Gasteiger partial charge in [-0.05, 0) is 215 Å². The second-order valence-corrected chi connectivity index (χ2v) is 32.1. The quantitative estimate of drug-likeness (QED) is 0.121. The highest BCUT2D eigenvalue weighted by atomic mass is 32.2. The fourth-order valence-corrected chi connectivity index (χ4v) is 22.8. The van der Waals surface area contributed by atoms with Crippen LogP contribution in [0.1, 0.15) is 172 Å². The third kappa shape index (κ3) is 12.1. The molecule has 1 aliphatic heterocycles. The minimum Gasteiger partial charge on any atom is -0.393 e. The van der Waals surface area contributed by atoms with E-state index in [4.69, 9.17) is 4.74 Å². The molecule has 6 saturated carbocycles. The zero-order valence-corrected chi connectivity index (χ0v) is 51.5. The SMILES string of the molecule is C.C[C@H](CS(=O)(=O)c1ccccc1)[C@H]1CC[C@H]2[C@@H]3CC=C4C[C@](O)(C(F)(F)F)CC[C@]4(C)[C@H]3CC[C@]12C.C[C@H](O)CC([C@@H](C)[C@H]1CC[C@H]2[C@@H]3CC=C4C[C@](O)(C(F)(F)F)CC[C@]4(C)[C@H]3CC[C@]12C)S(=O)(=O)c1ccccc1.C[C@H]1CO1.S. The summed E-state index contributed by atoms with van der Waals surface area (Å²) in [5.41, 5.74) is -4.30. The van der Waals surface area contributed by atoms with Crippen LogP contribution in [0.5, 0.6) is 0 Å². The molecule has 0 radical (unpaired) electrons. The molecule has 464 valence electrons. The Labute approximate surface area is 493 Å². The fraction of sp³-hybridized carbons (Fsp3) is 0.754. The van der Waals surface area contributed by atoms with Gasteiger partial charge in [0.15, 0.2) is 30.9 Å². The van der Waals surface area contributed by atoms with Crippen molar-refractivity contribution < 1.29 is 63.2 Å². The average molecular weight is 1220 g/mol. The molecule has 9 aliphatic rings. The van der Waals surface area contributed by atoms with Crippen molar-refractivity contribution in [2.45, 2.75) is 223 Å². The number of aliphatic hydroxyl groups is 3. The molecule has 1 saturated heterocycles. The Morgan fingerprint density at radius 3 is 1.41 bits per heavy atom. The molecule has 0 bridgehead atoms. The van der Waals surface area contributed by atoms with E-state index >= 15 is 0 Å². The Morgan fingerprint density at radius 1 is 0.610 bits per heavy atom. The lowest BCUT2D eigenvalue weighted by atomic mass is 9.46. The van der Waals surface area contributed by atoms with E-state index < -0.39 is 54.6 Å². The number of halogens is 6. The molecule has 0 amide bonds. The van der Waals surface area contributed by atoms with Crippen LogP contribution in [-0.2, 0) is 24.4 Å². The van der Waals surface area contributed by atoms with Gasteiger partial charge in [-0.1, -0.05) is 109 Å². The first kappa shape index (κ1) is 67.1. The Balaban J connectivity index is 0.000000217. The number of epoxide rings is 1. The highest BCUT2D eigenvalue weighted by Crippen LogP contribution is 2.70. The molecule has 82 heavy (non-hydrogen) atoms. The highest BCUT2D eigenvalue weighted by Gasteiger charge is 2.66. The summed E-state index contributed by atoms with van der Waals surface area (Å²) < 4.78 is 140. The summed E-state index contributed by atoms with van der Waals surface area (Å²) in [6, 6.07) is 17.2. The summed E-state index contributed by atoms with van der Waals surface area (Å²) in [4.78, 5) is 0.680. The first-order valence-corrected chi connectivity index (χ1v) is 33.2. The van der Waals surface area contributed by atoms with Crippen molar-refractivity contribution >= 4 is 33.2 Å². The van der Waals surface area contributed by atoms with Gasteiger partial charge in [0.2, 0.25) is 0 Å². The molecule has 3 N–H and O–H groups in total. The first-order valence-electron chi connectivity index (χ1n) is 30.0. The first-order chi connectivity index (χ1) is 37.2. The maximum absolute atomic E-state index is 13.9. The van der Waals surface area contributed by atoms with Gasteiger partial charge in [-0.3, -0.25) is 0 Å². The zero-order valence-electron chi connectivity index (χ0n) is 48.8. The number of hydrogen-bond donors (Lipinski definition) is 3. The molecule has 2 aromatic rings. The van der Waals surface area contributed by atoms with Gasteiger partial charge in [-0.25, -0.2) is 16.8 Å². The van der Waals surface area contributed by atoms with E-state index in [0.717, 1.165) is 82.0 Å². The van der Waals surface area contributed by atoms with Crippen molar-refractivity contribution in [1.29, 1.82) is 0 Å². The van der Waals surface area contributed by atoms with Gasteiger partial charge in [-0.2, -0.15) is 39.8 Å². The smallest absolute Gasteiger partial charge is 0.393 e. The van der Waals surface area contributed by atoms with E-state index in [1.54, 1.807) is 61.5 Å². The van der Waals surface area contributed by atoms with Gasteiger partial charge in [0, 0.05) is 12.8 Å². The van der Waals surface area contributed by atoms with E-state index in [2.05, 4.69) is 48.5 Å². The Morgan fingerprint density at radius 2 is 1.01 bits per heavy atom. The Hall–Kier alpha value is -2.41. The number of benzene rings is 2. The van der Waals surface area contributed by atoms with E-state index in [9.17, 15) is 58.5 Å². The van der Waals surface area contributed by atoms with E-state index in [1.165, 1.54) is 0 Å². The number of aliphatic hydroxyl groups excluding tert-OH is 1. The summed E-state index contributed by atoms with van der Waals surface area (Å²) in [5, 5.41) is 30.5. The molecular formula is C65H96F6O8S3. The van der Waals surface area contributed by atoms with Crippen LogP contribution in [0, 0.1) is 80.8 Å². The number of ether oxygens (including phenoxy) is 1. The van der Waals surface area contributed by atoms with Crippen LogP contribution in [0.25, 0.3) is 0 Å². The van der Waals surface area contributed by atoms with Crippen LogP contribution in [0.2, 0.25) is 0 Å². The van der Waals surface area contributed by atoms with E-state index in [1.807, 2.05) is 18.2 Å². The maximum Gasteiger partial charge on any atom is 0.417 e. The van der Waals surface area contributed by atoms with E-state index in [0.29, 0.717) is 64.2 Å². The predicted octanol–water partition coefficient (Wildman–Crippen LogP) is 15.2. The van der Waals surface area contributed by atoms with Crippen molar-refractivity contribution in [2.75, 3.05) is 12.4 Å². The monoisotopic (exact) mass is 1210 g/mol. The normalized spacial score (nSPS) is 39.8. The van der Waals surface area contributed by atoms with Crippen molar-refractivity contribution in [3.05, 3.63) is 84.0 Å². The molecule has 2 aromatic carbocycles. The van der Waals surface area contributed by atoms with Crippen molar-refractivity contribution in [1.82, 2.24) is 0 Å². The Kier molecular flexibility index (Phi) is 19.6. The lowest BCUT2D eigenvalue weighted by Gasteiger charge is -2.59. The van der Waals surface area contributed by atoms with Crippen molar-refractivity contribution in [3.8, 4) is 0 Å². The average Bonchev–Trinajstić information content (AvgIpc) is 3.97. The number of sulfone groups is 2. The van der Waals surface area contributed by atoms with Crippen molar-refractivity contribution in [2.24, 2.45) is 80.8 Å². The van der Waals surface area contributed by atoms with Crippen LogP contribution >= 0.6 is 13.5 Å². The minimum absolute atomic E-state index is 0. The summed E-state index contributed by atoms with van der Waals surface area (Å²) in [6.45, 7) is 17.8. The number of hydrogen-bond acceptors (Lipinski definition) is 8. The van der Waals surface area contributed by atoms with E-state index in [-0.39, 0.29) is 104 Å². The van der Waals surface area contributed by atoms with Gasteiger partial charge in [0.05, 0.1) is 39.6 Å². The van der Waals surface area contributed by atoms with Crippen LogP contribution in [0.4, 0.5) is 26.3 Å². The second-order valence-electron chi connectivity index (χ2n) is 27.9. The number of allylic oxidation sites excluding steroid dienone is 2. The van der Waals surface area contributed by atoms with Gasteiger partial charge in [0.25, 0.3) is 0 Å². The number of alkyl halides is 6. The van der Waals surface area contributed by atoms with Crippen LogP contribution in [0.15, 0.2) is 93.8 Å². The lowest BCUT2D eigenvalue weighted by Crippen LogP contribution is -2.56. The number of fused-ring (bicyclic) bond motifs is 10. The third-order valence-electron chi connectivity index (χ3n) is 23.6. The van der Waals surface area contributed by atoms with Gasteiger partial charge in [0.1, 0.15) is 0 Å². The molecule has 7 fully saturated rings. The highest BCUT2D eigenvalue weighted by molar-refractivity contribution is 7.92. The van der Waals surface area contributed by atoms with Gasteiger partial charge < -0.3 is 20.1 Å². The molecule has 8 aliphatic carbocycles. The summed E-state index contributed by atoms with van der Waals surface area (Å²) in [5.74, 6) is 2.76. The Bertz CT molecular complexity index is 2820. The van der Waals surface area contributed by atoms with Crippen LogP contribution in [-0.4, -0.2) is 85.5 Å². The predicted molar refractivity (Wildman–Crippen MR) is 315 cm³/mol. The fourth-order valence-electron chi connectivity index (χ4n) is 18.9. The van der Waals surface area contributed by atoms with Gasteiger partial charge >= 0.3 is 12.4 Å². The second kappa shape index (κ2) is 23.9. The molecule has 19 atom stereocenters. The topological polar surface area (TPSA) is 142 Å². The summed E-state index contributed by atoms with van der Waals surface area (Å²) in [7, 11) is -7.01. The third-order valence-corrected chi connectivity index (χ3v) is 27.9. The molecule has 0 aromatic heterocycles. The zero-order chi connectivity index (χ0) is 58.4. The summed E-state index contributed by atoms with van der Waals surface area (Å²) in [6.07, 6.45) is 3.70. The van der Waals surface area contributed by atoms with Gasteiger partial charge in [-0.15, -0.1) is 0 Å². The molecule has 1 unspecified atom stereocenters. The molecule has 0 spiro atoms. The molecule has 1 heterocycles. The molecule has 8 nitrogen and oxygen atoms in total. The maximum atomic E-state index is 13.9. The van der Waals surface area contributed by atoms with Crippen molar-refractivity contribution in [3.63, 3.8) is 0 Å². The standard InChI is InChI=1S/C32H45F3O4S.C29H39F3O3S.C3H6O.CH4.H2S/c1-20(36)18-28(40(38,39)23-8-6-5-7-9-23)21(2)25-12-13-26-24-11-10-22-19-31(37,32(33,34)35)17-16-29(22,3)27(24)14-15-30(25,26)4;1-19(18-36(34,35)21-7-5-4-6-8-21)23-11-12-24-22-10-9-20-17-28(33,29(30,31)32)16-15-26(20,2)25(22)13-14-27(23,24)3;1-3-2-4-3;;/h5-10,20-21,24-28,36-37H,11-19H2,1-4H3;4-9,19,22-25,33H,10-18H2,1-3H3;3H,2H2,1H3;1H4;1H2/t20-,21-,24-,25+,26-,27-,28?,29-,30+,31-;19-,22+,23-,24+,25+,26+,27-,28+;3-;;/m010../s1. The molecule has 11 rings (SSSR count). The minimum atomic E-state index is -4.63. The molecular weight excluding hydrogens is 1120 g/mol.